The summed E-state index contributed by atoms with van der Waals surface area (Å²) >= 11 is 1.61. The smallest absolute Gasteiger partial charge is 0.224 e. The zero-order chi connectivity index (χ0) is 27.5. The van der Waals surface area contributed by atoms with E-state index in [1.807, 2.05) is 26.8 Å². The maximum atomic E-state index is 10.1. The summed E-state index contributed by atoms with van der Waals surface area (Å²) in [5, 5.41) is 18.2. The zero-order valence-electron chi connectivity index (χ0n) is 23.7. The normalized spacial score (nSPS) is 29.5. The van der Waals surface area contributed by atoms with Gasteiger partial charge in [0.1, 0.15) is 22.4 Å². The van der Waals surface area contributed by atoms with Crippen LogP contribution in [0.1, 0.15) is 59.6 Å². The van der Waals surface area contributed by atoms with Gasteiger partial charge in [-0.15, -0.1) is 11.3 Å². The minimum absolute atomic E-state index is 0.00241. The highest BCUT2D eigenvalue weighted by molar-refractivity contribution is 7.21. The maximum Gasteiger partial charge on any atom is 0.224 e. The summed E-state index contributed by atoms with van der Waals surface area (Å²) in [4.78, 5) is 19.0. The standard InChI is InChI=1S/C29H40N6O3S/c1-15-9-17(15)11-28(3,4)14-31-27-32-16(2)22(26-34-20-12-30-8-7-21(20)39-26)25(35-27)33-19-10-18(13-36)23-24(19)38-29(5,6)37-23/h7-8,12,15,17-19,23-24,36H,9-11,13-14H2,1-6H3,(H2,31,32,33,35)/t15?,17?,18-,19-,23-,24+/m1/s1. The second-order valence-electron chi connectivity index (χ2n) is 12.9. The lowest BCUT2D eigenvalue weighted by Gasteiger charge is -2.26. The van der Waals surface area contributed by atoms with E-state index in [4.69, 9.17) is 24.4 Å². The number of rotatable bonds is 9. The molecule has 2 saturated carbocycles. The van der Waals surface area contributed by atoms with E-state index in [9.17, 15) is 5.11 Å². The first-order valence-corrected chi connectivity index (χ1v) is 14.9. The largest absolute Gasteiger partial charge is 0.396 e. The number of hydrogen-bond acceptors (Lipinski definition) is 10. The molecule has 39 heavy (non-hydrogen) atoms. The Morgan fingerprint density at radius 3 is 2.62 bits per heavy atom. The molecule has 0 spiro atoms. The van der Waals surface area contributed by atoms with Crippen molar-refractivity contribution in [3.63, 3.8) is 0 Å². The van der Waals surface area contributed by atoms with E-state index in [1.54, 1.807) is 23.7 Å². The molecule has 1 saturated heterocycles. The van der Waals surface area contributed by atoms with Crippen LogP contribution in [0.25, 0.3) is 20.8 Å². The lowest BCUT2D eigenvalue weighted by Crippen LogP contribution is -2.35. The van der Waals surface area contributed by atoms with E-state index in [0.29, 0.717) is 5.95 Å². The number of pyridine rings is 1. The van der Waals surface area contributed by atoms with E-state index in [1.165, 1.54) is 12.8 Å². The van der Waals surface area contributed by atoms with Gasteiger partial charge < -0.3 is 25.2 Å². The van der Waals surface area contributed by atoms with E-state index >= 15 is 0 Å². The van der Waals surface area contributed by atoms with Crippen molar-refractivity contribution in [3.05, 3.63) is 24.2 Å². The van der Waals surface area contributed by atoms with E-state index in [-0.39, 0.29) is 36.2 Å². The molecule has 3 aromatic rings. The number of anilines is 2. The second kappa shape index (κ2) is 9.90. The predicted octanol–water partition coefficient (Wildman–Crippen LogP) is 5.25. The molecule has 0 amide bonds. The van der Waals surface area contributed by atoms with Gasteiger partial charge in [0.25, 0.3) is 0 Å². The van der Waals surface area contributed by atoms with Crippen molar-refractivity contribution >= 4 is 33.3 Å². The van der Waals surface area contributed by atoms with Gasteiger partial charge in [-0.25, -0.2) is 9.97 Å². The summed E-state index contributed by atoms with van der Waals surface area (Å²) in [7, 11) is 0. The molecule has 4 heterocycles. The number of ether oxygens (including phenoxy) is 2. The Morgan fingerprint density at radius 1 is 1.13 bits per heavy atom. The Balaban J connectivity index is 1.32. The molecule has 1 aliphatic heterocycles. The predicted molar refractivity (Wildman–Crippen MR) is 154 cm³/mol. The Hall–Kier alpha value is -2.40. The van der Waals surface area contributed by atoms with Crippen molar-refractivity contribution in [3.8, 4) is 10.6 Å². The molecular formula is C29H40N6O3S. The van der Waals surface area contributed by atoms with Gasteiger partial charge >= 0.3 is 0 Å². The molecule has 3 aromatic heterocycles. The highest BCUT2D eigenvalue weighted by Crippen LogP contribution is 2.46. The molecule has 2 unspecified atom stereocenters. The Bertz CT molecular complexity index is 1330. The number of hydrogen-bond donors (Lipinski definition) is 3. The van der Waals surface area contributed by atoms with Gasteiger partial charge in [-0.1, -0.05) is 20.8 Å². The molecule has 9 nitrogen and oxygen atoms in total. The highest BCUT2D eigenvalue weighted by Gasteiger charge is 2.54. The highest BCUT2D eigenvalue weighted by atomic mass is 32.1. The summed E-state index contributed by atoms with van der Waals surface area (Å²) in [6, 6.07) is 1.91. The van der Waals surface area contributed by atoms with Gasteiger partial charge in [-0.3, -0.25) is 4.98 Å². The van der Waals surface area contributed by atoms with Crippen LogP contribution in [0.15, 0.2) is 18.5 Å². The number of fused-ring (bicyclic) bond motifs is 2. The quantitative estimate of drug-likeness (QED) is 0.327. The fourth-order valence-corrected chi connectivity index (χ4v) is 7.30. The monoisotopic (exact) mass is 552 g/mol. The number of aliphatic hydroxyl groups is 1. The first-order chi connectivity index (χ1) is 18.5. The molecule has 3 fully saturated rings. The molecule has 0 bridgehead atoms. The van der Waals surface area contributed by atoms with E-state index < -0.39 is 5.79 Å². The number of nitrogens with zero attached hydrogens (tertiary/aromatic N) is 4. The molecule has 0 aromatic carbocycles. The first kappa shape index (κ1) is 26.8. The van der Waals surface area contributed by atoms with E-state index in [2.05, 4.69) is 36.4 Å². The van der Waals surface area contributed by atoms with Crippen molar-refractivity contribution in [1.82, 2.24) is 19.9 Å². The van der Waals surface area contributed by atoms with Crippen LogP contribution >= 0.6 is 11.3 Å². The fraction of sp³-hybridized carbons (Fsp3) is 0.655. The third-order valence-electron chi connectivity index (χ3n) is 8.45. The maximum absolute atomic E-state index is 10.1. The number of aliphatic hydroxyl groups excluding tert-OH is 1. The van der Waals surface area contributed by atoms with Gasteiger partial charge in [-0.05, 0) is 63.4 Å². The molecular weight excluding hydrogens is 512 g/mol. The summed E-state index contributed by atoms with van der Waals surface area (Å²) in [6.45, 7) is 13.7. The second-order valence-corrected chi connectivity index (χ2v) is 13.9. The lowest BCUT2D eigenvalue weighted by molar-refractivity contribution is -0.158. The van der Waals surface area contributed by atoms with Gasteiger partial charge in [0, 0.05) is 25.3 Å². The zero-order valence-corrected chi connectivity index (χ0v) is 24.5. The van der Waals surface area contributed by atoms with Crippen LogP contribution < -0.4 is 10.6 Å². The van der Waals surface area contributed by atoms with Crippen LogP contribution in [0.4, 0.5) is 11.8 Å². The third kappa shape index (κ3) is 5.49. The van der Waals surface area contributed by atoms with Gasteiger partial charge in [0.05, 0.1) is 34.3 Å². The van der Waals surface area contributed by atoms with Crippen LogP contribution in [-0.4, -0.2) is 62.2 Å². The fourth-order valence-electron chi connectivity index (χ4n) is 6.27. The molecule has 2 aliphatic carbocycles. The molecule has 6 rings (SSSR count). The van der Waals surface area contributed by atoms with Crippen molar-refractivity contribution < 1.29 is 14.6 Å². The van der Waals surface area contributed by atoms with Crippen LogP contribution in [-0.2, 0) is 9.47 Å². The van der Waals surface area contributed by atoms with Crippen molar-refractivity contribution in [2.24, 2.45) is 23.2 Å². The average Bonchev–Trinajstić information content (AvgIpc) is 3.18. The van der Waals surface area contributed by atoms with Crippen LogP contribution in [0.2, 0.25) is 0 Å². The Kier molecular flexibility index (Phi) is 6.81. The third-order valence-corrected chi connectivity index (χ3v) is 9.50. The number of aromatic nitrogens is 4. The van der Waals surface area contributed by atoms with Crippen molar-refractivity contribution in [2.45, 2.75) is 84.8 Å². The molecule has 3 aliphatic rings. The minimum Gasteiger partial charge on any atom is -0.396 e. The SMILES string of the molecule is Cc1nc(NCC(C)(C)CC2CC2C)nc(N[C@@H]2C[C@H](CO)[C@H]3OC(C)(C)O[C@H]32)c1-c1nc2cnccc2s1. The van der Waals surface area contributed by atoms with Crippen LogP contribution in [0.5, 0.6) is 0 Å². The molecule has 10 heteroatoms. The van der Waals surface area contributed by atoms with Crippen molar-refractivity contribution in [2.75, 3.05) is 23.8 Å². The number of thiazole rings is 1. The van der Waals surface area contributed by atoms with Crippen LogP contribution in [0.3, 0.4) is 0 Å². The van der Waals surface area contributed by atoms with Crippen LogP contribution in [0, 0.1) is 30.1 Å². The first-order valence-electron chi connectivity index (χ1n) is 14.1. The summed E-state index contributed by atoms with van der Waals surface area (Å²) in [6.07, 6.45) is 6.49. The van der Waals surface area contributed by atoms with Gasteiger partial charge in [-0.2, -0.15) is 4.98 Å². The number of aryl methyl sites for hydroxylation is 1. The number of nitrogens with one attached hydrogen (secondary N) is 2. The molecule has 210 valence electrons. The Labute approximate surface area is 234 Å². The van der Waals surface area contributed by atoms with E-state index in [0.717, 1.165) is 57.1 Å². The molecule has 0 radical (unpaired) electrons. The summed E-state index contributed by atoms with van der Waals surface area (Å²) in [5.74, 6) is 2.30. The van der Waals surface area contributed by atoms with Gasteiger partial charge in [0.15, 0.2) is 5.79 Å². The molecule has 6 atom stereocenters. The average molecular weight is 553 g/mol. The molecule has 3 N–H and O–H groups in total. The Morgan fingerprint density at radius 2 is 1.90 bits per heavy atom. The van der Waals surface area contributed by atoms with Crippen molar-refractivity contribution in [1.29, 1.82) is 0 Å². The summed E-state index contributed by atoms with van der Waals surface area (Å²) < 4.78 is 13.6. The lowest BCUT2D eigenvalue weighted by atomic mass is 9.86. The minimum atomic E-state index is -0.690. The summed E-state index contributed by atoms with van der Waals surface area (Å²) in [5.41, 5.74) is 2.74. The van der Waals surface area contributed by atoms with Gasteiger partial charge in [0.2, 0.25) is 5.95 Å². The topological polar surface area (TPSA) is 114 Å².